The molecule has 1 saturated carbocycles. The van der Waals surface area contributed by atoms with Crippen LogP contribution in [0.15, 0.2) is 6.07 Å². The molecule has 1 aliphatic heterocycles. The number of aromatic amines is 1. The second kappa shape index (κ2) is 6.78. The van der Waals surface area contributed by atoms with Gasteiger partial charge in [0.05, 0.1) is 5.69 Å². The minimum absolute atomic E-state index is 0.602. The van der Waals surface area contributed by atoms with Crippen molar-refractivity contribution >= 4 is 17.6 Å². The molecule has 0 radical (unpaired) electrons. The highest BCUT2D eigenvalue weighted by Gasteiger charge is 2.27. The molecule has 5 rings (SSSR count). The summed E-state index contributed by atoms with van der Waals surface area (Å²) < 4.78 is 0. The van der Waals surface area contributed by atoms with E-state index in [1.54, 1.807) is 0 Å². The third-order valence-electron chi connectivity index (χ3n) is 6.11. The van der Waals surface area contributed by atoms with Gasteiger partial charge in [-0.15, -0.1) is 0 Å². The first-order chi connectivity index (χ1) is 13.2. The number of nitrogens with zero attached hydrogens (tertiary/aromatic N) is 5. The predicted molar refractivity (Wildman–Crippen MR) is 107 cm³/mol. The van der Waals surface area contributed by atoms with Crippen LogP contribution in [0, 0.1) is 0 Å². The molecule has 1 saturated heterocycles. The summed E-state index contributed by atoms with van der Waals surface area (Å²) in [5.41, 5.74) is 3.73. The van der Waals surface area contributed by atoms with E-state index < -0.39 is 0 Å². The number of rotatable bonds is 5. The number of hydrogen-bond donors (Lipinski definition) is 2. The maximum absolute atomic E-state index is 4.93. The molecule has 3 aliphatic rings. The molecule has 2 aromatic heterocycles. The maximum atomic E-state index is 4.93. The summed E-state index contributed by atoms with van der Waals surface area (Å²) in [6.07, 6.45) is 5.82. The maximum Gasteiger partial charge on any atom is 0.227 e. The Kier molecular flexibility index (Phi) is 4.27. The quantitative estimate of drug-likeness (QED) is 0.847. The second-order valence-electron chi connectivity index (χ2n) is 8.38. The van der Waals surface area contributed by atoms with Crippen molar-refractivity contribution in [2.45, 2.75) is 57.9 Å². The molecule has 2 fully saturated rings. The molecule has 0 spiro atoms. The topological polar surface area (TPSA) is 73.0 Å². The van der Waals surface area contributed by atoms with Crippen LogP contribution in [-0.2, 0) is 12.8 Å². The fourth-order valence-corrected chi connectivity index (χ4v) is 4.23. The summed E-state index contributed by atoms with van der Waals surface area (Å²) in [5, 5.41) is 11.1. The monoisotopic (exact) mass is 367 g/mol. The zero-order chi connectivity index (χ0) is 18.4. The normalized spacial score (nSPS) is 20.3. The van der Waals surface area contributed by atoms with Gasteiger partial charge in [0.15, 0.2) is 5.82 Å². The molecule has 0 amide bonds. The average Bonchev–Trinajstić information content (AvgIpc) is 3.23. The van der Waals surface area contributed by atoms with Crippen LogP contribution in [0.25, 0.3) is 0 Å². The van der Waals surface area contributed by atoms with E-state index in [1.807, 2.05) is 0 Å². The van der Waals surface area contributed by atoms with Gasteiger partial charge in [0.2, 0.25) is 5.95 Å². The van der Waals surface area contributed by atoms with Crippen molar-refractivity contribution < 1.29 is 0 Å². The Bertz CT molecular complexity index is 816. The van der Waals surface area contributed by atoms with Gasteiger partial charge in [0.1, 0.15) is 5.82 Å². The van der Waals surface area contributed by atoms with Gasteiger partial charge < -0.3 is 10.2 Å². The number of fused-ring (bicyclic) bond motifs is 1. The van der Waals surface area contributed by atoms with Gasteiger partial charge in [-0.3, -0.25) is 10.00 Å². The molecule has 7 heteroatoms. The number of anilines is 3. The first kappa shape index (κ1) is 17.0. The largest absolute Gasteiger partial charge is 0.338 e. The van der Waals surface area contributed by atoms with Gasteiger partial charge in [-0.25, -0.2) is 4.98 Å². The van der Waals surface area contributed by atoms with Gasteiger partial charge in [0, 0.05) is 55.5 Å². The van der Waals surface area contributed by atoms with E-state index in [9.17, 15) is 0 Å². The van der Waals surface area contributed by atoms with Crippen LogP contribution in [0.2, 0.25) is 0 Å². The smallest absolute Gasteiger partial charge is 0.227 e. The molecule has 0 unspecified atom stereocenters. The van der Waals surface area contributed by atoms with Crippen LogP contribution in [0.5, 0.6) is 0 Å². The summed E-state index contributed by atoms with van der Waals surface area (Å²) in [6.45, 7) is 8.66. The van der Waals surface area contributed by atoms with Gasteiger partial charge in [-0.2, -0.15) is 10.1 Å². The van der Waals surface area contributed by atoms with Crippen LogP contribution >= 0.6 is 0 Å². The van der Waals surface area contributed by atoms with Crippen molar-refractivity contribution in [3.05, 3.63) is 23.0 Å². The third-order valence-corrected chi connectivity index (χ3v) is 6.11. The van der Waals surface area contributed by atoms with Crippen molar-refractivity contribution in [2.75, 3.05) is 36.4 Å². The van der Waals surface area contributed by atoms with Gasteiger partial charge in [-0.1, -0.05) is 0 Å². The minimum Gasteiger partial charge on any atom is -0.338 e. The summed E-state index contributed by atoms with van der Waals surface area (Å²) >= 11 is 0. The number of aryl methyl sites for hydroxylation is 1. The van der Waals surface area contributed by atoms with E-state index in [0.29, 0.717) is 12.0 Å². The highest BCUT2D eigenvalue weighted by molar-refractivity contribution is 5.60. The number of hydrogen-bond acceptors (Lipinski definition) is 6. The highest BCUT2D eigenvalue weighted by Crippen LogP contribution is 2.40. The Balaban J connectivity index is 1.38. The summed E-state index contributed by atoms with van der Waals surface area (Å²) in [5.74, 6) is 3.38. The van der Waals surface area contributed by atoms with Gasteiger partial charge >= 0.3 is 0 Å². The summed E-state index contributed by atoms with van der Waals surface area (Å²) in [7, 11) is 0. The zero-order valence-electron chi connectivity index (χ0n) is 16.3. The fourth-order valence-electron chi connectivity index (χ4n) is 4.23. The lowest BCUT2D eigenvalue weighted by molar-refractivity contribution is 0.208. The number of aromatic nitrogens is 4. The Morgan fingerprint density at radius 1 is 1.11 bits per heavy atom. The van der Waals surface area contributed by atoms with E-state index in [-0.39, 0.29) is 0 Å². The molecule has 144 valence electrons. The Morgan fingerprint density at radius 3 is 2.67 bits per heavy atom. The van der Waals surface area contributed by atoms with Crippen molar-refractivity contribution in [1.29, 1.82) is 0 Å². The lowest BCUT2D eigenvalue weighted by atomic mass is 10.2. The van der Waals surface area contributed by atoms with Crippen LogP contribution < -0.4 is 10.2 Å². The zero-order valence-corrected chi connectivity index (χ0v) is 16.3. The van der Waals surface area contributed by atoms with Crippen molar-refractivity contribution in [1.82, 2.24) is 25.1 Å². The molecule has 0 aromatic carbocycles. The SMILES string of the molecule is CC(C)N1CCN(c2nc3c(c(Nc4cc(C5CC5)[nH]n4)n2)CCC3)CC1. The molecule has 7 nitrogen and oxygen atoms in total. The predicted octanol–water partition coefficient (Wildman–Crippen LogP) is 2.84. The van der Waals surface area contributed by atoms with Crippen LogP contribution in [0.1, 0.15) is 56.0 Å². The van der Waals surface area contributed by atoms with Gasteiger partial charge in [0.25, 0.3) is 0 Å². The average molecular weight is 368 g/mol. The standard InChI is InChI=1S/C20H29N7/c1-13(2)26-8-10-27(11-9-26)20-21-16-5-3-4-15(16)19(23-20)22-18-12-17(24-25-18)14-6-7-14/h12-14H,3-11H2,1-2H3,(H2,21,22,23,24,25). The van der Waals surface area contributed by atoms with E-state index in [4.69, 9.17) is 9.97 Å². The molecule has 2 aromatic rings. The van der Waals surface area contributed by atoms with Crippen LogP contribution in [-0.4, -0.2) is 57.3 Å². The number of piperazine rings is 1. The lowest BCUT2D eigenvalue weighted by Crippen LogP contribution is -2.49. The molecule has 3 heterocycles. The summed E-state index contributed by atoms with van der Waals surface area (Å²) in [4.78, 5) is 14.7. The van der Waals surface area contributed by atoms with E-state index in [0.717, 1.165) is 63.0 Å². The first-order valence-electron chi connectivity index (χ1n) is 10.4. The minimum atomic E-state index is 0.602. The van der Waals surface area contributed by atoms with Crippen molar-refractivity contribution in [3.63, 3.8) is 0 Å². The molecular formula is C20H29N7. The summed E-state index contributed by atoms with van der Waals surface area (Å²) in [6, 6.07) is 2.74. The molecular weight excluding hydrogens is 338 g/mol. The van der Waals surface area contributed by atoms with E-state index in [1.165, 1.54) is 29.8 Å². The lowest BCUT2D eigenvalue weighted by Gasteiger charge is -2.37. The Morgan fingerprint density at radius 2 is 1.93 bits per heavy atom. The Hall–Kier alpha value is -2.15. The van der Waals surface area contributed by atoms with Crippen LogP contribution in [0.3, 0.4) is 0 Å². The van der Waals surface area contributed by atoms with Crippen molar-refractivity contribution in [2.24, 2.45) is 0 Å². The first-order valence-corrected chi connectivity index (χ1v) is 10.4. The Labute approximate surface area is 160 Å². The molecule has 2 aliphatic carbocycles. The van der Waals surface area contributed by atoms with Crippen molar-refractivity contribution in [3.8, 4) is 0 Å². The van der Waals surface area contributed by atoms with E-state index >= 15 is 0 Å². The molecule has 2 N–H and O–H groups in total. The highest BCUT2D eigenvalue weighted by atomic mass is 15.3. The van der Waals surface area contributed by atoms with Crippen LogP contribution in [0.4, 0.5) is 17.6 Å². The molecule has 0 atom stereocenters. The molecule has 0 bridgehead atoms. The number of H-pyrrole nitrogens is 1. The second-order valence-corrected chi connectivity index (χ2v) is 8.38. The fraction of sp³-hybridized carbons (Fsp3) is 0.650. The number of nitrogens with one attached hydrogen (secondary N) is 2. The third kappa shape index (κ3) is 3.40. The van der Waals surface area contributed by atoms with E-state index in [2.05, 4.69) is 45.2 Å². The molecule has 27 heavy (non-hydrogen) atoms. The van der Waals surface area contributed by atoms with Gasteiger partial charge in [-0.05, 0) is 46.0 Å².